The minimum atomic E-state index is -0.343. The molecule has 1 amide bonds. The van der Waals surface area contributed by atoms with Crippen LogP contribution >= 0.6 is 0 Å². The lowest BCUT2D eigenvalue weighted by atomic mass is 10.1. The third kappa shape index (κ3) is 0.920. The maximum Gasteiger partial charge on any atom is 0.261 e. The van der Waals surface area contributed by atoms with Crippen molar-refractivity contribution in [2.75, 3.05) is 0 Å². The highest BCUT2D eigenvalue weighted by Crippen LogP contribution is 2.12. The Hall–Kier alpha value is -1.58. The van der Waals surface area contributed by atoms with Gasteiger partial charge in [-0.1, -0.05) is 6.08 Å². The summed E-state index contributed by atoms with van der Waals surface area (Å²) in [6.07, 6.45) is 6.32. The second kappa shape index (κ2) is 2.23. The van der Waals surface area contributed by atoms with Gasteiger partial charge in [-0.3, -0.25) is 4.79 Å². The van der Waals surface area contributed by atoms with Crippen LogP contribution in [0.1, 0.15) is 0 Å². The summed E-state index contributed by atoms with van der Waals surface area (Å²) in [6.45, 7) is 0. The number of aliphatic imine (C=N–C) groups is 3. The molecule has 2 rings (SSSR count). The molecule has 0 aromatic carbocycles. The number of carbonyl (C=O) groups excluding carboxylic acids is 1. The molecule has 0 aliphatic carbocycles. The van der Waals surface area contributed by atoms with Crippen molar-refractivity contribution in [2.24, 2.45) is 20.9 Å². The number of amidine groups is 1. The van der Waals surface area contributed by atoms with Crippen LogP contribution in [0.15, 0.2) is 27.1 Å². The second-order valence-corrected chi connectivity index (χ2v) is 2.21. The molecule has 0 saturated carbocycles. The summed E-state index contributed by atoms with van der Waals surface area (Å²) in [5, 5.41) is 0. The van der Waals surface area contributed by atoms with E-state index in [1.165, 1.54) is 6.34 Å². The number of amides is 1. The molecule has 4 heteroatoms. The van der Waals surface area contributed by atoms with Crippen LogP contribution in [0.3, 0.4) is 0 Å². The number of dihydropyridines is 1. The van der Waals surface area contributed by atoms with Crippen molar-refractivity contribution in [2.45, 2.75) is 0 Å². The average molecular weight is 147 g/mol. The van der Waals surface area contributed by atoms with Gasteiger partial charge >= 0.3 is 0 Å². The zero-order valence-electron chi connectivity index (χ0n) is 5.64. The Morgan fingerprint density at radius 3 is 3.09 bits per heavy atom. The summed E-state index contributed by atoms with van der Waals surface area (Å²) in [6, 6.07) is 0. The van der Waals surface area contributed by atoms with Gasteiger partial charge < -0.3 is 0 Å². The number of carbonyl (C=O) groups is 1. The Labute approximate surface area is 63.1 Å². The van der Waals surface area contributed by atoms with Crippen molar-refractivity contribution in [3.63, 3.8) is 0 Å². The number of hydrogen-bond acceptors (Lipinski definition) is 3. The lowest BCUT2D eigenvalue weighted by Gasteiger charge is -2.12. The van der Waals surface area contributed by atoms with E-state index in [2.05, 4.69) is 15.0 Å². The molecule has 54 valence electrons. The molecule has 2 aliphatic heterocycles. The first-order valence-electron chi connectivity index (χ1n) is 3.23. The molecule has 0 aromatic rings. The summed E-state index contributed by atoms with van der Waals surface area (Å²) >= 11 is 0. The summed E-state index contributed by atoms with van der Waals surface area (Å²) in [4.78, 5) is 22.3. The van der Waals surface area contributed by atoms with Crippen molar-refractivity contribution >= 4 is 24.3 Å². The van der Waals surface area contributed by atoms with Crippen LogP contribution in [-0.2, 0) is 4.79 Å². The van der Waals surface area contributed by atoms with Crippen molar-refractivity contribution in [3.8, 4) is 0 Å². The third-order valence-electron chi connectivity index (χ3n) is 1.52. The van der Waals surface area contributed by atoms with E-state index in [-0.39, 0.29) is 11.8 Å². The molecule has 1 atom stereocenters. The van der Waals surface area contributed by atoms with E-state index < -0.39 is 0 Å². The molecule has 0 fully saturated rings. The monoisotopic (exact) mass is 147 g/mol. The van der Waals surface area contributed by atoms with E-state index in [1.807, 2.05) is 0 Å². The van der Waals surface area contributed by atoms with E-state index in [9.17, 15) is 4.79 Å². The molecular formula is C7H5N3O. The molecule has 1 unspecified atom stereocenters. The Morgan fingerprint density at radius 2 is 2.27 bits per heavy atom. The number of rotatable bonds is 0. The number of fused-ring (bicyclic) bond motifs is 1. The molecule has 0 spiro atoms. The SMILES string of the molecule is O=C1N=CN=C2N=CC=CC12. The Balaban J connectivity index is 2.43. The summed E-state index contributed by atoms with van der Waals surface area (Å²) < 4.78 is 0. The average Bonchev–Trinajstić information content (AvgIpc) is 2.06. The van der Waals surface area contributed by atoms with E-state index in [1.54, 1.807) is 18.4 Å². The van der Waals surface area contributed by atoms with Crippen LogP contribution in [0.2, 0.25) is 0 Å². The fourth-order valence-corrected chi connectivity index (χ4v) is 0.978. The number of hydrogen-bond donors (Lipinski definition) is 0. The number of nitrogens with zero attached hydrogens (tertiary/aromatic N) is 3. The van der Waals surface area contributed by atoms with Gasteiger partial charge in [-0.15, -0.1) is 0 Å². The van der Waals surface area contributed by atoms with Crippen LogP contribution in [-0.4, -0.2) is 24.3 Å². The van der Waals surface area contributed by atoms with Gasteiger partial charge in [0.15, 0.2) is 0 Å². The Bertz CT molecular complexity index is 312. The van der Waals surface area contributed by atoms with Crippen molar-refractivity contribution < 1.29 is 4.79 Å². The van der Waals surface area contributed by atoms with E-state index in [4.69, 9.17) is 0 Å². The highest BCUT2D eigenvalue weighted by Gasteiger charge is 2.23. The predicted molar refractivity (Wildman–Crippen MR) is 42.1 cm³/mol. The molecule has 0 saturated heterocycles. The fourth-order valence-electron chi connectivity index (χ4n) is 0.978. The van der Waals surface area contributed by atoms with Crippen molar-refractivity contribution in [1.82, 2.24) is 0 Å². The molecule has 0 radical (unpaired) electrons. The quantitative estimate of drug-likeness (QED) is 0.483. The third-order valence-corrected chi connectivity index (χ3v) is 1.52. The number of allylic oxidation sites excluding steroid dienone is 1. The largest absolute Gasteiger partial charge is 0.271 e. The van der Waals surface area contributed by atoms with E-state index in [0.29, 0.717) is 5.84 Å². The highest BCUT2D eigenvalue weighted by atomic mass is 16.1. The first-order chi connectivity index (χ1) is 5.38. The lowest BCUT2D eigenvalue weighted by molar-refractivity contribution is -0.118. The molecule has 0 aromatic heterocycles. The summed E-state index contributed by atoms with van der Waals surface area (Å²) in [7, 11) is 0. The molecule has 11 heavy (non-hydrogen) atoms. The lowest BCUT2D eigenvalue weighted by Crippen LogP contribution is -2.24. The van der Waals surface area contributed by atoms with Gasteiger partial charge in [-0.05, 0) is 6.08 Å². The first kappa shape index (κ1) is 6.15. The Morgan fingerprint density at radius 1 is 1.36 bits per heavy atom. The second-order valence-electron chi connectivity index (χ2n) is 2.21. The van der Waals surface area contributed by atoms with Gasteiger partial charge in [-0.2, -0.15) is 0 Å². The fraction of sp³-hybridized carbons (Fsp3) is 0.143. The minimum absolute atomic E-state index is 0.192. The van der Waals surface area contributed by atoms with Gasteiger partial charge in [0.1, 0.15) is 18.1 Å². The zero-order valence-corrected chi connectivity index (χ0v) is 5.64. The predicted octanol–water partition coefficient (Wildman–Crippen LogP) is 0.210. The summed E-state index contributed by atoms with van der Waals surface area (Å²) in [5.74, 6) is 0.000556. The molecule has 4 nitrogen and oxygen atoms in total. The molecule has 2 heterocycles. The van der Waals surface area contributed by atoms with Gasteiger partial charge in [0.05, 0.1) is 0 Å². The first-order valence-corrected chi connectivity index (χ1v) is 3.23. The van der Waals surface area contributed by atoms with Crippen molar-refractivity contribution in [1.29, 1.82) is 0 Å². The normalized spacial score (nSPS) is 26.7. The molecular weight excluding hydrogens is 142 g/mol. The van der Waals surface area contributed by atoms with Crippen LogP contribution < -0.4 is 0 Å². The van der Waals surface area contributed by atoms with Gasteiger partial charge in [0.2, 0.25) is 0 Å². The van der Waals surface area contributed by atoms with Crippen molar-refractivity contribution in [3.05, 3.63) is 12.2 Å². The standard InChI is InChI=1S/C7H5N3O/c11-7-5-2-1-3-8-6(5)9-4-10-7/h1-5H. The van der Waals surface area contributed by atoms with Gasteiger partial charge in [0.25, 0.3) is 5.91 Å². The van der Waals surface area contributed by atoms with Crippen LogP contribution in [0.25, 0.3) is 0 Å². The molecule has 2 aliphatic rings. The maximum atomic E-state index is 11.0. The minimum Gasteiger partial charge on any atom is -0.271 e. The smallest absolute Gasteiger partial charge is 0.261 e. The Kier molecular flexibility index (Phi) is 1.25. The maximum absolute atomic E-state index is 11.0. The van der Waals surface area contributed by atoms with Crippen LogP contribution in [0, 0.1) is 5.92 Å². The van der Waals surface area contributed by atoms with E-state index >= 15 is 0 Å². The van der Waals surface area contributed by atoms with Crippen LogP contribution in [0.4, 0.5) is 0 Å². The molecule has 0 N–H and O–H groups in total. The van der Waals surface area contributed by atoms with Crippen LogP contribution in [0.5, 0.6) is 0 Å². The summed E-state index contributed by atoms with van der Waals surface area (Å²) in [5.41, 5.74) is 0. The van der Waals surface area contributed by atoms with Gasteiger partial charge in [0, 0.05) is 6.21 Å². The topological polar surface area (TPSA) is 54.1 Å². The highest BCUT2D eigenvalue weighted by molar-refractivity contribution is 6.15. The van der Waals surface area contributed by atoms with E-state index in [0.717, 1.165) is 0 Å². The molecule has 0 bridgehead atoms. The van der Waals surface area contributed by atoms with Gasteiger partial charge in [-0.25, -0.2) is 15.0 Å². The zero-order chi connectivity index (χ0) is 7.68.